The summed E-state index contributed by atoms with van der Waals surface area (Å²) in [5.74, 6) is -0.971. The Morgan fingerprint density at radius 3 is 2.65 bits per heavy atom. The first-order chi connectivity index (χ1) is 8.15. The van der Waals surface area contributed by atoms with Crippen molar-refractivity contribution >= 4 is 11.9 Å². The van der Waals surface area contributed by atoms with Gasteiger partial charge in [0.05, 0.1) is 0 Å². The quantitative estimate of drug-likeness (QED) is 0.739. The van der Waals surface area contributed by atoms with Gasteiger partial charge in [0, 0.05) is 18.5 Å². The lowest BCUT2D eigenvalue weighted by molar-refractivity contribution is -0.137. The Morgan fingerprint density at radius 1 is 1.29 bits per heavy atom. The van der Waals surface area contributed by atoms with Crippen LogP contribution in [-0.4, -0.2) is 23.5 Å². The topological polar surface area (TPSA) is 66.4 Å². The first-order valence-corrected chi connectivity index (χ1v) is 5.73. The molecule has 2 N–H and O–H groups in total. The van der Waals surface area contributed by atoms with E-state index >= 15 is 0 Å². The number of carboxylic acid groups (broad SMARTS) is 1. The molecule has 0 aliphatic heterocycles. The van der Waals surface area contributed by atoms with Crippen molar-refractivity contribution in [1.82, 2.24) is 5.32 Å². The number of nitrogens with one attached hydrogen (secondary N) is 1. The van der Waals surface area contributed by atoms with Crippen LogP contribution < -0.4 is 5.32 Å². The number of benzene rings is 1. The third kappa shape index (κ3) is 4.26. The zero-order chi connectivity index (χ0) is 12.7. The fourth-order valence-corrected chi connectivity index (χ4v) is 1.59. The van der Waals surface area contributed by atoms with E-state index in [-0.39, 0.29) is 12.3 Å². The van der Waals surface area contributed by atoms with Crippen LogP contribution in [0, 0.1) is 0 Å². The molecule has 0 atom stereocenters. The summed E-state index contributed by atoms with van der Waals surface area (Å²) in [6, 6.07) is 7.43. The highest BCUT2D eigenvalue weighted by molar-refractivity contribution is 5.95. The van der Waals surface area contributed by atoms with E-state index in [1.165, 1.54) is 0 Å². The second-order valence-corrected chi connectivity index (χ2v) is 3.76. The van der Waals surface area contributed by atoms with Crippen molar-refractivity contribution in [2.24, 2.45) is 0 Å². The third-order valence-electron chi connectivity index (χ3n) is 2.50. The van der Waals surface area contributed by atoms with Crippen molar-refractivity contribution in [3.05, 3.63) is 35.4 Å². The molecule has 1 amide bonds. The number of aryl methyl sites for hydroxylation is 1. The summed E-state index contributed by atoms with van der Waals surface area (Å²) >= 11 is 0. The lowest BCUT2D eigenvalue weighted by Crippen LogP contribution is -2.25. The molecule has 0 radical (unpaired) electrons. The molecular formula is C13H17NO3. The van der Waals surface area contributed by atoms with Crippen LogP contribution in [0.2, 0.25) is 0 Å². The Labute approximate surface area is 101 Å². The van der Waals surface area contributed by atoms with Gasteiger partial charge < -0.3 is 10.4 Å². The van der Waals surface area contributed by atoms with Gasteiger partial charge >= 0.3 is 5.97 Å². The summed E-state index contributed by atoms with van der Waals surface area (Å²) in [6.45, 7) is 2.39. The number of carbonyl (C=O) groups is 2. The number of hydrogen-bond acceptors (Lipinski definition) is 2. The molecule has 17 heavy (non-hydrogen) atoms. The second kappa shape index (κ2) is 6.68. The lowest BCUT2D eigenvalue weighted by atomic mass is 10.0. The van der Waals surface area contributed by atoms with E-state index in [0.717, 1.165) is 12.0 Å². The largest absolute Gasteiger partial charge is 0.481 e. The molecule has 92 valence electrons. The van der Waals surface area contributed by atoms with Crippen LogP contribution in [0.25, 0.3) is 0 Å². The van der Waals surface area contributed by atoms with E-state index in [9.17, 15) is 9.59 Å². The van der Waals surface area contributed by atoms with Gasteiger partial charge in [0.25, 0.3) is 5.91 Å². The highest BCUT2D eigenvalue weighted by atomic mass is 16.4. The number of hydrogen-bond donors (Lipinski definition) is 2. The maximum atomic E-state index is 11.8. The van der Waals surface area contributed by atoms with Gasteiger partial charge in [-0.1, -0.05) is 25.1 Å². The highest BCUT2D eigenvalue weighted by Gasteiger charge is 2.08. The summed E-state index contributed by atoms with van der Waals surface area (Å²) in [7, 11) is 0. The molecule has 4 heteroatoms. The third-order valence-corrected chi connectivity index (χ3v) is 2.50. The van der Waals surface area contributed by atoms with Crippen LogP contribution in [0.4, 0.5) is 0 Å². The predicted octanol–water partition coefficient (Wildman–Crippen LogP) is 1.84. The summed E-state index contributed by atoms with van der Waals surface area (Å²) in [5, 5.41) is 11.2. The zero-order valence-electron chi connectivity index (χ0n) is 9.90. The number of carboxylic acids is 1. The van der Waals surface area contributed by atoms with E-state index in [4.69, 9.17) is 5.11 Å². The Morgan fingerprint density at radius 2 is 2.00 bits per heavy atom. The maximum Gasteiger partial charge on any atom is 0.303 e. The molecule has 0 fully saturated rings. The fraction of sp³-hybridized carbons (Fsp3) is 0.385. The van der Waals surface area contributed by atoms with Crippen LogP contribution in [0.5, 0.6) is 0 Å². The van der Waals surface area contributed by atoms with Crippen molar-refractivity contribution in [1.29, 1.82) is 0 Å². The fourth-order valence-electron chi connectivity index (χ4n) is 1.59. The van der Waals surface area contributed by atoms with Crippen molar-refractivity contribution < 1.29 is 14.7 Å². The van der Waals surface area contributed by atoms with Gasteiger partial charge in [-0.2, -0.15) is 0 Å². The van der Waals surface area contributed by atoms with E-state index in [0.29, 0.717) is 18.5 Å². The molecule has 4 nitrogen and oxygen atoms in total. The van der Waals surface area contributed by atoms with Crippen molar-refractivity contribution in [2.45, 2.75) is 26.2 Å². The molecule has 0 heterocycles. The van der Waals surface area contributed by atoms with Crippen LogP contribution >= 0.6 is 0 Å². The van der Waals surface area contributed by atoms with E-state index < -0.39 is 5.97 Å². The van der Waals surface area contributed by atoms with Gasteiger partial charge in [-0.05, 0) is 24.5 Å². The average molecular weight is 235 g/mol. The highest BCUT2D eigenvalue weighted by Crippen LogP contribution is 2.09. The Bertz CT molecular complexity index is 401. The van der Waals surface area contributed by atoms with Crippen LogP contribution in [0.1, 0.15) is 35.7 Å². The SMILES string of the molecule is CCc1ccccc1C(=O)NCCCC(=O)O. The molecule has 1 aromatic rings. The minimum Gasteiger partial charge on any atom is -0.481 e. The standard InChI is InChI=1S/C13H17NO3/c1-2-10-6-3-4-7-11(10)13(17)14-9-5-8-12(15)16/h3-4,6-7H,2,5,8-9H2,1H3,(H,14,17)(H,15,16). The molecule has 1 aromatic carbocycles. The van der Waals surface area contributed by atoms with Gasteiger partial charge in [0.2, 0.25) is 0 Å². The number of aliphatic carboxylic acids is 1. The molecule has 0 aromatic heterocycles. The van der Waals surface area contributed by atoms with E-state index in [1.54, 1.807) is 6.07 Å². The maximum absolute atomic E-state index is 11.8. The van der Waals surface area contributed by atoms with Gasteiger partial charge in [-0.3, -0.25) is 9.59 Å². The molecule has 0 aliphatic rings. The zero-order valence-corrected chi connectivity index (χ0v) is 9.90. The summed E-state index contributed by atoms with van der Waals surface area (Å²) in [4.78, 5) is 22.1. The first-order valence-electron chi connectivity index (χ1n) is 5.73. The average Bonchev–Trinajstić information content (AvgIpc) is 2.34. The molecule has 0 spiro atoms. The van der Waals surface area contributed by atoms with E-state index in [1.807, 2.05) is 25.1 Å². The summed E-state index contributed by atoms with van der Waals surface area (Å²) in [6.07, 6.45) is 1.34. The van der Waals surface area contributed by atoms with Gasteiger partial charge in [0.1, 0.15) is 0 Å². The molecule has 1 rings (SSSR count). The van der Waals surface area contributed by atoms with Gasteiger partial charge in [0.15, 0.2) is 0 Å². The lowest BCUT2D eigenvalue weighted by Gasteiger charge is -2.08. The number of rotatable bonds is 6. The normalized spacial score (nSPS) is 9.94. The summed E-state index contributed by atoms with van der Waals surface area (Å²) in [5.41, 5.74) is 1.67. The van der Waals surface area contributed by atoms with Crippen molar-refractivity contribution in [3.8, 4) is 0 Å². The Hall–Kier alpha value is -1.84. The van der Waals surface area contributed by atoms with Crippen molar-refractivity contribution in [3.63, 3.8) is 0 Å². The van der Waals surface area contributed by atoms with Gasteiger partial charge in [-0.25, -0.2) is 0 Å². The van der Waals surface area contributed by atoms with E-state index in [2.05, 4.69) is 5.32 Å². The predicted molar refractivity (Wildman–Crippen MR) is 65.0 cm³/mol. The number of carbonyl (C=O) groups excluding carboxylic acids is 1. The molecule has 0 unspecified atom stereocenters. The molecule has 0 saturated carbocycles. The minimum atomic E-state index is -0.840. The van der Waals surface area contributed by atoms with Crippen molar-refractivity contribution in [2.75, 3.05) is 6.54 Å². The second-order valence-electron chi connectivity index (χ2n) is 3.76. The minimum absolute atomic E-state index is 0.0791. The molecule has 0 bridgehead atoms. The van der Waals surface area contributed by atoms with Crippen LogP contribution in [0.3, 0.4) is 0 Å². The van der Waals surface area contributed by atoms with Crippen LogP contribution in [-0.2, 0) is 11.2 Å². The number of amides is 1. The molecule has 0 saturated heterocycles. The molecular weight excluding hydrogens is 218 g/mol. The molecule has 0 aliphatic carbocycles. The Kier molecular flexibility index (Phi) is 5.20. The Balaban J connectivity index is 2.49. The monoisotopic (exact) mass is 235 g/mol. The van der Waals surface area contributed by atoms with Crippen LogP contribution in [0.15, 0.2) is 24.3 Å². The first kappa shape index (κ1) is 13.2. The summed E-state index contributed by atoms with van der Waals surface area (Å²) < 4.78 is 0. The smallest absolute Gasteiger partial charge is 0.303 e. The van der Waals surface area contributed by atoms with Gasteiger partial charge in [-0.15, -0.1) is 0 Å².